The maximum atomic E-state index is 10.9. The van der Waals surface area contributed by atoms with Crippen LogP contribution >= 0.6 is 0 Å². The van der Waals surface area contributed by atoms with Gasteiger partial charge < -0.3 is 20.1 Å². The molecule has 2 unspecified atom stereocenters. The van der Waals surface area contributed by atoms with E-state index in [0.717, 1.165) is 35.1 Å². The van der Waals surface area contributed by atoms with Gasteiger partial charge in [0, 0.05) is 49.4 Å². The van der Waals surface area contributed by atoms with Gasteiger partial charge in [-0.2, -0.15) is 10.1 Å². The number of benzene rings is 1. The molecule has 1 saturated heterocycles. The van der Waals surface area contributed by atoms with Crippen LogP contribution in [0.5, 0.6) is 11.6 Å². The van der Waals surface area contributed by atoms with Crippen molar-refractivity contribution in [3.05, 3.63) is 30.1 Å². The van der Waals surface area contributed by atoms with Crippen LogP contribution < -0.4 is 15.0 Å². The van der Waals surface area contributed by atoms with Crippen molar-refractivity contribution in [2.75, 3.05) is 25.1 Å². The first-order chi connectivity index (χ1) is 15.3. The summed E-state index contributed by atoms with van der Waals surface area (Å²) in [5.74, 6) is 0.905. The average molecular weight is 434 g/mol. The van der Waals surface area contributed by atoms with Gasteiger partial charge in [0.15, 0.2) is 11.5 Å². The Morgan fingerprint density at radius 3 is 2.62 bits per heavy atom. The van der Waals surface area contributed by atoms with E-state index in [9.17, 15) is 5.11 Å². The highest BCUT2D eigenvalue weighted by Crippen LogP contribution is 2.37. The van der Waals surface area contributed by atoms with E-state index in [-0.39, 0.29) is 5.75 Å². The van der Waals surface area contributed by atoms with Crippen molar-refractivity contribution in [3.63, 3.8) is 0 Å². The monoisotopic (exact) mass is 433 g/mol. The minimum Gasteiger partial charge on any atom is -0.507 e. The van der Waals surface area contributed by atoms with Crippen LogP contribution in [0.3, 0.4) is 0 Å². The van der Waals surface area contributed by atoms with Crippen molar-refractivity contribution in [2.24, 2.45) is 7.05 Å². The standard InChI is InChI=1S/C23H27N7O2/c1-12-9-30(10-13(2)25-12)16-7-18-21(24-8-16)26-22(27-23(18)32-5)17-6-15-11-29(4)28-19(15)14(3)20(17)31/h6-8,11-13,25,31H,9-10H2,1-5H3. The molecule has 9 nitrogen and oxygen atoms in total. The van der Waals surface area contributed by atoms with Crippen LogP contribution in [0.15, 0.2) is 24.5 Å². The second-order valence-corrected chi connectivity index (χ2v) is 8.63. The largest absolute Gasteiger partial charge is 0.507 e. The Morgan fingerprint density at radius 1 is 1.16 bits per heavy atom. The normalized spacial score (nSPS) is 19.1. The van der Waals surface area contributed by atoms with E-state index in [1.807, 2.05) is 38.5 Å². The van der Waals surface area contributed by atoms with Crippen molar-refractivity contribution in [2.45, 2.75) is 32.9 Å². The highest BCUT2D eigenvalue weighted by atomic mass is 16.5. The summed E-state index contributed by atoms with van der Waals surface area (Å²) >= 11 is 0. The maximum absolute atomic E-state index is 10.9. The molecule has 0 aliphatic carbocycles. The molecule has 4 aromatic rings. The molecule has 9 heteroatoms. The Labute approximate surface area is 186 Å². The van der Waals surface area contributed by atoms with Crippen LogP contribution in [0.1, 0.15) is 19.4 Å². The number of rotatable bonds is 3. The Bertz CT molecular complexity index is 1320. The van der Waals surface area contributed by atoms with Crippen LogP contribution in [-0.4, -0.2) is 62.1 Å². The Balaban J connectivity index is 1.62. The summed E-state index contributed by atoms with van der Waals surface area (Å²) in [4.78, 5) is 16.2. The molecule has 0 saturated carbocycles. The first-order valence-corrected chi connectivity index (χ1v) is 10.7. The average Bonchev–Trinajstić information content (AvgIpc) is 3.15. The molecule has 2 N–H and O–H groups in total. The first kappa shape index (κ1) is 20.4. The Hall–Kier alpha value is -3.46. The third kappa shape index (κ3) is 3.38. The van der Waals surface area contributed by atoms with Crippen molar-refractivity contribution in [1.29, 1.82) is 0 Å². The van der Waals surface area contributed by atoms with E-state index < -0.39 is 0 Å². The minimum absolute atomic E-state index is 0.109. The minimum atomic E-state index is 0.109. The summed E-state index contributed by atoms with van der Waals surface area (Å²) < 4.78 is 7.34. The van der Waals surface area contributed by atoms with Crippen LogP contribution in [0.4, 0.5) is 5.69 Å². The molecule has 0 spiro atoms. The topological polar surface area (TPSA) is 101 Å². The van der Waals surface area contributed by atoms with Gasteiger partial charge in [0.2, 0.25) is 5.88 Å². The lowest BCUT2D eigenvalue weighted by Crippen LogP contribution is -2.54. The van der Waals surface area contributed by atoms with Gasteiger partial charge in [-0.25, -0.2) is 9.97 Å². The zero-order chi connectivity index (χ0) is 22.6. The molecular formula is C23H27N7O2. The predicted octanol–water partition coefficient (Wildman–Crippen LogP) is 2.79. The summed E-state index contributed by atoms with van der Waals surface area (Å²) in [6.45, 7) is 8.00. The summed E-state index contributed by atoms with van der Waals surface area (Å²) in [5.41, 5.74) is 3.51. The fraction of sp³-hybridized carbons (Fsp3) is 0.391. The molecule has 1 fully saturated rings. The molecule has 4 heterocycles. The van der Waals surface area contributed by atoms with Gasteiger partial charge in [-0.05, 0) is 32.9 Å². The third-order valence-corrected chi connectivity index (χ3v) is 5.98. The Morgan fingerprint density at radius 2 is 1.91 bits per heavy atom. The summed E-state index contributed by atoms with van der Waals surface area (Å²) in [5, 5.41) is 20.5. The number of nitrogens with one attached hydrogen (secondary N) is 1. The number of anilines is 1. The van der Waals surface area contributed by atoms with Crippen molar-refractivity contribution >= 4 is 27.6 Å². The molecule has 0 bridgehead atoms. The molecule has 3 aromatic heterocycles. The second-order valence-electron chi connectivity index (χ2n) is 8.63. The van der Waals surface area contributed by atoms with E-state index in [0.29, 0.717) is 40.6 Å². The van der Waals surface area contributed by atoms with Gasteiger partial charge in [-0.15, -0.1) is 0 Å². The van der Waals surface area contributed by atoms with Gasteiger partial charge >= 0.3 is 0 Å². The van der Waals surface area contributed by atoms with Crippen molar-refractivity contribution in [3.8, 4) is 23.0 Å². The van der Waals surface area contributed by atoms with Crippen LogP contribution in [0, 0.1) is 6.92 Å². The summed E-state index contributed by atoms with van der Waals surface area (Å²) in [7, 11) is 3.44. The lowest BCUT2D eigenvalue weighted by Gasteiger charge is -2.37. The molecule has 166 valence electrons. The molecule has 1 aliphatic rings. The van der Waals surface area contributed by atoms with Crippen molar-refractivity contribution in [1.82, 2.24) is 30.0 Å². The van der Waals surface area contributed by atoms with Gasteiger partial charge in [-0.1, -0.05) is 0 Å². The maximum Gasteiger partial charge on any atom is 0.226 e. The number of hydrogen-bond acceptors (Lipinski definition) is 8. The number of ether oxygens (including phenoxy) is 1. The number of nitrogens with zero attached hydrogens (tertiary/aromatic N) is 6. The summed E-state index contributed by atoms with van der Waals surface area (Å²) in [6.07, 6.45) is 3.75. The molecule has 1 aromatic carbocycles. The highest BCUT2D eigenvalue weighted by Gasteiger charge is 2.23. The molecule has 2 atom stereocenters. The van der Waals surface area contributed by atoms with E-state index in [4.69, 9.17) is 4.74 Å². The van der Waals surface area contributed by atoms with E-state index in [1.54, 1.807) is 11.8 Å². The van der Waals surface area contributed by atoms with Crippen molar-refractivity contribution < 1.29 is 9.84 Å². The number of phenolic OH excluding ortho intramolecular Hbond substituents is 1. The zero-order valence-electron chi connectivity index (χ0n) is 18.9. The number of aromatic nitrogens is 5. The SMILES string of the molecule is COc1nc(-c2cc3cn(C)nc3c(C)c2O)nc2ncc(N3CC(C)NC(C)C3)cc12. The summed E-state index contributed by atoms with van der Waals surface area (Å²) in [6, 6.07) is 4.67. The van der Waals surface area contributed by atoms with Gasteiger partial charge in [-0.3, -0.25) is 4.68 Å². The van der Waals surface area contributed by atoms with E-state index in [2.05, 4.69) is 44.1 Å². The lowest BCUT2D eigenvalue weighted by atomic mass is 10.1. The number of piperazine rings is 1. The number of aromatic hydroxyl groups is 1. The first-order valence-electron chi connectivity index (χ1n) is 10.7. The molecule has 0 amide bonds. The number of fused-ring (bicyclic) bond motifs is 2. The fourth-order valence-electron chi connectivity index (χ4n) is 4.57. The fourth-order valence-corrected chi connectivity index (χ4v) is 4.57. The number of methoxy groups -OCH3 is 1. The van der Waals surface area contributed by atoms with Crippen LogP contribution in [0.2, 0.25) is 0 Å². The number of aryl methyl sites for hydroxylation is 2. The van der Waals surface area contributed by atoms with Crippen LogP contribution in [0.25, 0.3) is 33.3 Å². The second kappa shape index (κ2) is 7.59. The third-order valence-electron chi connectivity index (χ3n) is 5.98. The quantitative estimate of drug-likeness (QED) is 0.509. The van der Waals surface area contributed by atoms with Gasteiger partial charge in [0.05, 0.1) is 35.5 Å². The lowest BCUT2D eigenvalue weighted by molar-refractivity contribution is 0.402. The Kier molecular flexibility index (Phi) is 4.85. The zero-order valence-corrected chi connectivity index (χ0v) is 18.9. The molecular weight excluding hydrogens is 406 g/mol. The number of pyridine rings is 1. The van der Waals surface area contributed by atoms with Crippen LogP contribution in [-0.2, 0) is 7.05 Å². The van der Waals surface area contributed by atoms with E-state index >= 15 is 0 Å². The predicted molar refractivity (Wildman–Crippen MR) is 124 cm³/mol. The number of phenols is 1. The molecule has 5 rings (SSSR count). The smallest absolute Gasteiger partial charge is 0.226 e. The molecule has 0 radical (unpaired) electrons. The van der Waals surface area contributed by atoms with Gasteiger partial charge in [0.25, 0.3) is 0 Å². The molecule has 32 heavy (non-hydrogen) atoms. The van der Waals surface area contributed by atoms with Gasteiger partial charge in [0.1, 0.15) is 5.75 Å². The number of hydrogen-bond donors (Lipinski definition) is 2. The highest BCUT2D eigenvalue weighted by molar-refractivity contribution is 5.91. The molecule has 1 aliphatic heterocycles. The van der Waals surface area contributed by atoms with E-state index in [1.165, 1.54) is 0 Å².